The lowest BCUT2D eigenvalue weighted by Crippen LogP contribution is -2.51. The van der Waals surface area contributed by atoms with Crippen molar-refractivity contribution < 1.29 is 27.9 Å². The molecule has 57 heavy (non-hydrogen) atoms. The Hall–Kier alpha value is -5.64. The van der Waals surface area contributed by atoms with Crippen molar-refractivity contribution in [3.05, 3.63) is 130 Å². The number of nitrogens with one attached hydrogen (secondary N) is 1. The third-order valence-corrected chi connectivity index (χ3v) is 10.8. The number of alkyl halides is 3. The lowest BCUT2D eigenvalue weighted by atomic mass is 9.88. The van der Waals surface area contributed by atoms with Crippen molar-refractivity contribution >= 4 is 45.4 Å². The van der Waals surface area contributed by atoms with E-state index >= 15 is 0 Å². The molecule has 12 nitrogen and oxygen atoms in total. The molecule has 6 aromatic rings. The summed E-state index contributed by atoms with van der Waals surface area (Å²) < 4.78 is 41.9. The summed E-state index contributed by atoms with van der Waals surface area (Å²) in [6, 6.07) is 19.8. The fraction of sp³-hybridized carbons (Fsp3) is 0.317. The van der Waals surface area contributed by atoms with Crippen LogP contribution in [0.5, 0.6) is 0 Å². The maximum absolute atomic E-state index is 14.0. The van der Waals surface area contributed by atoms with Crippen molar-refractivity contribution in [3.63, 3.8) is 0 Å². The maximum Gasteiger partial charge on any atom is 0.407 e. The monoisotopic (exact) mass is 800 g/mol. The molecule has 0 radical (unpaired) electrons. The van der Waals surface area contributed by atoms with E-state index in [9.17, 15) is 32.7 Å². The van der Waals surface area contributed by atoms with Crippen LogP contribution in [0.1, 0.15) is 53.2 Å². The maximum atomic E-state index is 14.0. The molecule has 0 spiro atoms. The number of likely N-dealkylation sites (tertiary alicyclic amines) is 1. The molecule has 0 bridgehead atoms. The first-order chi connectivity index (χ1) is 27.3. The van der Waals surface area contributed by atoms with E-state index in [0.29, 0.717) is 47.6 Å². The van der Waals surface area contributed by atoms with Crippen LogP contribution in [0.4, 0.5) is 13.2 Å². The lowest BCUT2D eigenvalue weighted by Gasteiger charge is -2.39. The van der Waals surface area contributed by atoms with Crippen LogP contribution in [0.15, 0.2) is 102 Å². The number of nitrogens with zero attached hydrogens (tertiary/aromatic N) is 6. The molecule has 1 aliphatic heterocycles. The normalized spacial score (nSPS) is 15.4. The highest BCUT2D eigenvalue weighted by molar-refractivity contribution is 6.35. The van der Waals surface area contributed by atoms with Gasteiger partial charge in [0, 0.05) is 42.7 Å². The van der Waals surface area contributed by atoms with Crippen LogP contribution in [-0.4, -0.2) is 77.5 Å². The highest BCUT2D eigenvalue weighted by atomic mass is 35.5. The number of nitrogens with two attached hydrogens (primary N) is 1. The number of amides is 2. The van der Waals surface area contributed by atoms with Gasteiger partial charge in [-0.15, -0.1) is 0 Å². The van der Waals surface area contributed by atoms with Gasteiger partial charge in [0.05, 0.1) is 34.6 Å². The SMILES string of the molecule is NC(c1ccc(-n2ncc3c(=O)n(CC4(O)CCN(C(=O)C(CCCNC(=O)c5ccc6c(Cl)ccnc6c5)Cc5ccccc5)CC4)cnc32)cc1)C(F)(F)F. The van der Waals surface area contributed by atoms with Crippen molar-refractivity contribution in [2.75, 3.05) is 19.6 Å². The highest BCUT2D eigenvalue weighted by Crippen LogP contribution is 2.31. The second-order valence-electron chi connectivity index (χ2n) is 14.4. The number of carbonyl (C=O) groups is 2. The molecule has 3 aromatic carbocycles. The van der Waals surface area contributed by atoms with Crippen molar-refractivity contribution in [3.8, 4) is 5.69 Å². The van der Waals surface area contributed by atoms with Crippen LogP contribution < -0.4 is 16.6 Å². The summed E-state index contributed by atoms with van der Waals surface area (Å²) in [6.07, 6.45) is 1.72. The van der Waals surface area contributed by atoms with Gasteiger partial charge in [-0.25, -0.2) is 9.67 Å². The first-order valence-electron chi connectivity index (χ1n) is 18.5. The van der Waals surface area contributed by atoms with Gasteiger partial charge in [0.1, 0.15) is 17.8 Å². The third-order valence-electron chi connectivity index (χ3n) is 10.5. The van der Waals surface area contributed by atoms with Gasteiger partial charge in [-0.05, 0) is 73.6 Å². The molecule has 296 valence electrons. The summed E-state index contributed by atoms with van der Waals surface area (Å²) in [5.74, 6) is -0.637. The molecule has 2 atom stereocenters. The van der Waals surface area contributed by atoms with Crippen LogP contribution in [-0.2, 0) is 17.8 Å². The fourth-order valence-corrected chi connectivity index (χ4v) is 7.47. The van der Waals surface area contributed by atoms with E-state index in [1.165, 1.54) is 46.0 Å². The lowest BCUT2D eigenvalue weighted by molar-refractivity contribution is -0.149. The summed E-state index contributed by atoms with van der Waals surface area (Å²) in [6.45, 7) is 0.883. The molecule has 3 aromatic heterocycles. The molecule has 4 N–H and O–H groups in total. The zero-order chi connectivity index (χ0) is 40.3. The molecule has 0 saturated carbocycles. The van der Waals surface area contributed by atoms with Gasteiger partial charge in [0.15, 0.2) is 5.65 Å². The average Bonchev–Trinajstić information content (AvgIpc) is 3.65. The van der Waals surface area contributed by atoms with Crippen LogP contribution in [0.3, 0.4) is 0 Å². The van der Waals surface area contributed by atoms with Crippen LogP contribution >= 0.6 is 11.6 Å². The fourth-order valence-electron chi connectivity index (χ4n) is 7.26. The highest BCUT2D eigenvalue weighted by Gasteiger charge is 2.38. The summed E-state index contributed by atoms with van der Waals surface area (Å²) in [4.78, 5) is 50.9. The Morgan fingerprint density at radius 2 is 1.72 bits per heavy atom. The molecule has 4 heterocycles. The zero-order valence-electron chi connectivity index (χ0n) is 30.7. The van der Waals surface area contributed by atoms with E-state index in [0.717, 1.165) is 10.9 Å². The summed E-state index contributed by atoms with van der Waals surface area (Å²) >= 11 is 6.24. The second-order valence-corrected chi connectivity index (χ2v) is 14.8. The van der Waals surface area contributed by atoms with Crippen molar-refractivity contribution in [1.29, 1.82) is 0 Å². The molecule has 1 aliphatic rings. The molecule has 7 rings (SSSR count). The van der Waals surface area contributed by atoms with Gasteiger partial charge >= 0.3 is 6.18 Å². The number of piperidine rings is 1. The number of hydrogen-bond acceptors (Lipinski definition) is 8. The number of fused-ring (bicyclic) bond motifs is 2. The number of aromatic nitrogens is 5. The Balaban J connectivity index is 0.969. The van der Waals surface area contributed by atoms with Gasteiger partial charge < -0.3 is 21.1 Å². The minimum atomic E-state index is -4.59. The Kier molecular flexibility index (Phi) is 11.4. The Bertz CT molecular complexity index is 2450. The van der Waals surface area contributed by atoms with Crippen LogP contribution in [0.25, 0.3) is 27.6 Å². The molecule has 2 unspecified atom stereocenters. The first kappa shape index (κ1) is 39.6. The van der Waals surface area contributed by atoms with Crippen molar-refractivity contribution in [2.45, 2.75) is 56.5 Å². The number of aliphatic hydroxyl groups is 1. The first-order valence-corrected chi connectivity index (χ1v) is 18.9. The smallest absolute Gasteiger partial charge is 0.388 e. The Morgan fingerprint density at radius 3 is 2.44 bits per heavy atom. The third kappa shape index (κ3) is 8.85. The minimum Gasteiger partial charge on any atom is -0.388 e. The summed E-state index contributed by atoms with van der Waals surface area (Å²) in [7, 11) is 0. The largest absolute Gasteiger partial charge is 0.407 e. The van der Waals surface area contributed by atoms with Gasteiger partial charge in [0.2, 0.25) is 5.91 Å². The zero-order valence-corrected chi connectivity index (χ0v) is 31.5. The molecule has 2 amide bonds. The molecule has 1 fully saturated rings. The molecular weight excluding hydrogens is 761 g/mol. The standard InChI is InChI=1S/C41H40ClF3N8O4/c42-33-14-18-47-34-22-28(10-13-31(33)34)37(54)48-17-4-7-29(21-26-5-2-1-3-6-26)38(55)51-19-15-40(57,16-20-51)24-52-25-49-36-32(39(52)56)23-50-53(36)30-11-8-27(9-12-30)35(46)41(43,44)45/h1-3,5-6,8-14,18,22-23,25,29,35,57H,4,7,15-17,19-21,24,46H2,(H,48,54). The van der Waals surface area contributed by atoms with Gasteiger partial charge in [-0.2, -0.15) is 18.3 Å². The number of halogens is 4. The number of carbonyl (C=O) groups excluding carboxylic acids is 2. The average molecular weight is 801 g/mol. The summed E-state index contributed by atoms with van der Waals surface area (Å²) in [5.41, 5.74) is 6.18. The molecular formula is C41H40ClF3N8O4. The van der Waals surface area contributed by atoms with E-state index in [4.69, 9.17) is 17.3 Å². The van der Waals surface area contributed by atoms with Gasteiger partial charge in [-0.3, -0.25) is 23.9 Å². The Morgan fingerprint density at radius 1 is 0.982 bits per heavy atom. The number of benzene rings is 3. The predicted octanol–water partition coefficient (Wildman–Crippen LogP) is 5.77. The van der Waals surface area contributed by atoms with E-state index in [1.807, 2.05) is 30.3 Å². The molecule has 0 aliphatic carbocycles. The Labute approximate surface area is 330 Å². The summed E-state index contributed by atoms with van der Waals surface area (Å²) in [5, 5.41) is 20.3. The van der Waals surface area contributed by atoms with Gasteiger partial charge in [0.25, 0.3) is 11.5 Å². The van der Waals surface area contributed by atoms with Crippen LogP contribution in [0.2, 0.25) is 5.02 Å². The van der Waals surface area contributed by atoms with E-state index in [2.05, 4.69) is 20.4 Å². The van der Waals surface area contributed by atoms with Crippen LogP contribution in [0, 0.1) is 5.92 Å². The number of hydrogen-bond donors (Lipinski definition) is 3. The van der Waals surface area contributed by atoms with E-state index < -0.39 is 23.4 Å². The molecule has 16 heteroatoms. The van der Waals surface area contributed by atoms with Crippen molar-refractivity contribution in [2.24, 2.45) is 11.7 Å². The van der Waals surface area contributed by atoms with Gasteiger partial charge in [-0.1, -0.05) is 60.1 Å². The second kappa shape index (κ2) is 16.5. The quantitative estimate of drug-likeness (QED) is 0.132. The minimum absolute atomic E-state index is 0.0363. The topological polar surface area (TPSA) is 161 Å². The predicted molar refractivity (Wildman–Crippen MR) is 209 cm³/mol. The van der Waals surface area contributed by atoms with E-state index in [-0.39, 0.29) is 66.8 Å². The number of pyridine rings is 1. The number of rotatable bonds is 12. The van der Waals surface area contributed by atoms with Crippen molar-refractivity contribution in [1.82, 2.24) is 34.5 Å². The van der Waals surface area contributed by atoms with E-state index in [1.54, 1.807) is 35.4 Å². The molecule has 1 saturated heterocycles.